The number of carbonyl (C=O) groups excluding carboxylic acids is 3. The standard InChI is InChI=1S/C31H44O12/c1-16(33)40-14-22-24(35)25(36)26(37)27(43-22)42-18-3-8-29(15-32)20-4-7-28(2)19(17-11-23(34)41-13-17)6-10-31(28,39)21(20)5-9-30(29,38)12-18/h11,15,18-22,24-27,35-39H,3-10,12-14H2,1-2H3/t18?,19-,20+,21-,22-,24-,25-,26-,27-,28-,29+,30?,31+/m1/s1. The molecule has 1 saturated heterocycles. The van der Waals surface area contributed by atoms with Gasteiger partial charge in [0.1, 0.15) is 43.9 Å². The Hall–Kier alpha value is -1.93. The van der Waals surface area contributed by atoms with Gasteiger partial charge in [-0.25, -0.2) is 4.79 Å². The molecule has 4 aliphatic carbocycles. The van der Waals surface area contributed by atoms with E-state index in [1.807, 2.05) is 0 Å². The third-order valence-electron chi connectivity index (χ3n) is 12.3. The number of esters is 2. The quantitative estimate of drug-likeness (QED) is 0.158. The van der Waals surface area contributed by atoms with Crippen LogP contribution in [0.3, 0.4) is 0 Å². The topological polar surface area (TPSA) is 189 Å². The molecule has 0 bridgehead atoms. The molecule has 0 radical (unpaired) electrons. The first kappa shape index (κ1) is 31.1. The van der Waals surface area contributed by atoms with Gasteiger partial charge in [-0.3, -0.25) is 4.79 Å². The summed E-state index contributed by atoms with van der Waals surface area (Å²) in [5, 5.41) is 55.9. The van der Waals surface area contributed by atoms with Crippen LogP contribution in [0.5, 0.6) is 0 Å². The van der Waals surface area contributed by atoms with Gasteiger partial charge in [-0.05, 0) is 74.7 Å². The first-order chi connectivity index (χ1) is 20.3. The Morgan fingerprint density at radius 2 is 1.77 bits per heavy atom. The minimum atomic E-state index is -1.60. The third-order valence-corrected chi connectivity index (χ3v) is 12.3. The maximum absolute atomic E-state index is 13.0. The molecule has 5 N–H and O–H groups in total. The molecule has 240 valence electrons. The van der Waals surface area contributed by atoms with E-state index in [2.05, 4.69) is 6.92 Å². The highest BCUT2D eigenvalue weighted by Crippen LogP contribution is 2.70. The molecule has 2 aliphatic heterocycles. The van der Waals surface area contributed by atoms with Crippen LogP contribution in [0.2, 0.25) is 0 Å². The van der Waals surface area contributed by atoms with Crippen LogP contribution in [0.15, 0.2) is 11.6 Å². The lowest BCUT2D eigenvalue weighted by Crippen LogP contribution is -2.69. The summed E-state index contributed by atoms with van der Waals surface area (Å²) in [5.41, 5.74) is -3.10. The first-order valence-electron chi connectivity index (χ1n) is 15.6. The van der Waals surface area contributed by atoms with Crippen molar-refractivity contribution in [2.75, 3.05) is 13.2 Å². The Kier molecular flexibility index (Phi) is 7.84. The fraction of sp³-hybridized carbons (Fsp3) is 0.839. The number of hydrogen-bond donors (Lipinski definition) is 5. The SMILES string of the molecule is CC(=O)OC[C@H]1O[C@@H](OC2CC[C@]3(C=O)[C@H]4CC[C@]5(C)[C@@H](C6=CC(=O)OC6)CC[C@]5(O)[C@@H]4CCC3(O)C2)[C@H](O)[C@H](O)[C@@H]1O. The fourth-order valence-corrected chi connectivity index (χ4v) is 9.99. The summed E-state index contributed by atoms with van der Waals surface area (Å²) in [4.78, 5) is 36.1. The van der Waals surface area contributed by atoms with Gasteiger partial charge in [0, 0.05) is 24.8 Å². The van der Waals surface area contributed by atoms with Gasteiger partial charge in [0.2, 0.25) is 0 Å². The summed E-state index contributed by atoms with van der Waals surface area (Å²) in [7, 11) is 0. The Labute approximate surface area is 250 Å². The van der Waals surface area contributed by atoms with Crippen molar-refractivity contribution in [1.82, 2.24) is 0 Å². The lowest BCUT2D eigenvalue weighted by Gasteiger charge is -2.65. The fourth-order valence-electron chi connectivity index (χ4n) is 9.99. The van der Waals surface area contributed by atoms with E-state index in [0.717, 1.165) is 18.3 Å². The molecule has 0 spiro atoms. The van der Waals surface area contributed by atoms with E-state index in [-0.39, 0.29) is 49.8 Å². The predicted molar refractivity (Wildman–Crippen MR) is 146 cm³/mol. The largest absolute Gasteiger partial charge is 0.463 e. The molecule has 2 heterocycles. The summed E-state index contributed by atoms with van der Waals surface area (Å²) >= 11 is 0. The maximum Gasteiger partial charge on any atom is 0.331 e. The minimum Gasteiger partial charge on any atom is -0.463 e. The van der Waals surface area contributed by atoms with E-state index < -0.39 is 64.8 Å². The second kappa shape index (κ2) is 10.9. The van der Waals surface area contributed by atoms with Crippen molar-refractivity contribution in [3.63, 3.8) is 0 Å². The molecule has 12 heteroatoms. The van der Waals surface area contributed by atoms with Crippen molar-refractivity contribution in [3.05, 3.63) is 11.6 Å². The van der Waals surface area contributed by atoms with Crippen molar-refractivity contribution in [2.45, 2.75) is 120 Å². The summed E-state index contributed by atoms with van der Waals surface area (Å²) in [6, 6.07) is 0. The lowest BCUT2D eigenvalue weighted by atomic mass is 9.41. The van der Waals surface area contributed by atoms with Crippen LogP contribution in [0.1, 0.15) is 71.6 Å². The highest BCUT2D eigenvalue weighted by atomic mass is 16.7. The van der Waals surface area contributed by atoms with Gasteiger partial charge in [0.15, 0.2) is 6.29 Å². The number of carbonyl (C=O) groups is 3. The van der Waals surface area contributed by atoms with Gasteiger partial charge >= 0.3 is 11.9 Å². The second-order valence-electron chi connectivity index (χ2n) is 14.1. The van der Waals surface area contributed by atoms with Crippen molar-refractivity contribution < 1.29 is 58.9 Å². The molecule has 6 aliphatic rings. The van der Waals surface area contributed by atoms with Crippen LogP contribution in [-0.2, 0) is 33.3 Å². The zero-order chi connectivity index (χ0) is 30.9. The van der Waals surface area contributed by atoms with Crippen molar-refractivity contribution in [3.8, 4) is 0 Å². The van der Waals surface area contributed by atoms with Crippen LogP contribution in [-0.4, -0.2) is 105 Å². The average Bonchev–Trinajstić information content (AvgIpc) is 3.51. The molecule has 0 aromatic carbocycles. The smallest absolute Gasteiger partial charge is 0.331 e. The predicted octanol–water partition coefficient (Wildman–Crippen LogP) is 0.293. The molecular weight excluding hydrogens is 564 g/mol. The highest BCUT2D eigenvalue weighted by Gasteiger charge is 2.71. The molecule has 0 aromatic rings. The van der Waals surface area contributed by atoms with Crippen molar-refractivity contribution in [1.29, 1.82) is 0 Å². The Bertz CT molecular complexity index is 1170. The van der Waals surface area contributed by atoms with E-state index in [9.17, 15) is 39.9 Å². The monoisotopic (exact) mass is 608 g/mol. The van der Waals surface area contributed by atoms with Gasteiger partial charge in [0.05, 0.1) is 22.7 Å². The van der Waals surface area contributed by atoms with Crippen LogP contribution < -0.4 is 0 Å². The Morgan fingerprint density at radius 1 is 1.02 bits per heavy atom. The second-order valence-corrected chi connectivity index (χ2v) is 14.1. The Morgan fingerprint density at radius 3 is 2.44 bits per heavy atom. The van der Waals surface area contributed by atoms with Gasteiger partial charge in [0.25, 0.3) is 0 Å². The molecule has 12 nitrogen and oxygen atoms in total. The number of aliphatic hydroxyl groups excluding tert-OH is 3. The minimum absolute atomic E-state index is 0.0162. The number of aldehydes is 1. The first-order valence-corrected chi connectivity index (χ1v) is 15.6. The lowest BCUT2D eigenvalue weighted by molar-refractivity contribution is -0.323. The third kappa shape index (κ3) is 4.62. The summed E-state index contributed by atoms with van der Waals surface area (Å²) in [5.74, 6) is -1.35. The van der Waals surface area contributed by atoms with E-state index in [1.54, 1.807) is 6.08 Å². The number of fused-ring (bicyclic) bond motifs is 5. The van der Waals surface area contributed by atoms with Crippen LogP contribution in [0.4, 0.5) is 0 Å². The molecule has 0 amide bonds. The number of ether oxygens (including phenoxy) is 4. The normalized spacial score (nSPS) is 51.0. The van der Waals surface area contributed by atoms with Gasteiger partial charge in [-0.2, -0.15) is 0 Å². The zero-order valence-corrected chi connectivity index (χ0v) is 24.7. The average molecular weight is 609 g/mol. The zero-order valence-electron chi connectivity index (χ0n) is 24.7. The Balaban J connectivity index is 1.19. The van der Waals surface area contributed by atoms with E-state index in [1.165, 1.54) is 6.92 Å². The van der Waals surface area contributed by atoms with Gasteiger partial charge in [-0.15, -0.1) is 0 Å². The molecule has 4 saturated carbocycles. The molecule has 2 unspecified atom stereocenters. The van der Waals surface area contributed by atoms with Crippen molar-refractivity contribution >= 4 is 18.2 Å². The molecule has 43 heavy (non-hydrogen) atoms. The molecule has 13 atom stereocenters. The van der Waals surface area contributed by atoms with E-state index in [4.69, 9.17) is 18.9 Å². The van der Waals surface area contributed by atoms with Crippen LogP contribution in [0.25, 0.3) is 0 Å². The van der Waals surface area contributed by atoms with Crippen molar-refractivity contribution in [2.24, 2.45) is 28.6 Å². The number of hydrogen-bond acceptors (Lipinski definition) is 12. The number of rotatable bonds is 6. The van der Waals surface area contributed by atoms with E-state index in [0.29, 0.717) is 38.5 Å². The molecular formula is C31H44O12. The van der Waals surface area contributed by atoms with Crippen LogP contribution in [0, 0.1) is 28.6 Å². The maximum atomic E-state index is 13.0. The highest BCUT2D eigenvalue weighted by molar-refractivity contribution is 5.85. The summed E-state index contributed by atoms with van der Waals surface area (Å²) in [6.45, 7) is 3.21. The summed E-state index contributed by atoms with van der Waals surface area (Å²) in [6.07, 6.45) is -1.14. The molecule has 5 fully saturated rings. The van der Waals surface area contributed by atoms with E-state index >= 15 is 0 Å². The summed E-state index contributed by atoms with van der Waals surface area (Å²) < 4.78 is 21.9. The van der Waals surface area contributed by atoms with Crippen LogP contribution >= 0.6 is 0 Å². The number of cyclic esters (lactones) is 1. The van der Waals surface area contributed by atoms with Gasteiger partial charge in [-0.1, -0.05) is 6.92 Å². The molecule has 6 rings (SSSR count). The molecule has 0 aromatic heterocycles. The number of aliphatic hydroxyl groups is 5. The van der Waals surface area contributed by atoms with Gasteiger partial charge < -0.3 is 49.3 Å².